The van der Waals surface area contributed by atoms with Crippen molar-refractivity contribution in [2.75, 3.05) is 20.1 Å². The number of hydrogen-bond acceptors (Lipinski definition) is 0. The minimum Gasteiger partial charge on any atom is -1.00 e. The van der Waals surface area contributed by atoms with E-state index in [0.717, 1.165) is 4.48 Å². The highest BCUT2D eigenvalue weighted by atomic mass is 127. The van der Waals surface area contributed by atoms with Crippen LogP contribution in [0.4, 0.5) is 0 Å². The number of H-pyrrole nitrogens is 1. The molecule has 3 heteroatoms. The van der Waals surface area contributed by atoms with Gasteiger partial charge in [0, 0.05) is 29.3 Å². The molecule has 2 nitrogen and oxygen atoms in total. The lowest BCUT2D eigenvalue weighted by molar-refractivity contribution is -0.935. The zero-order chi connectivity index (χ0) is 15.4. The Morgan fingerprint density at radius 2 is 1.75 bits per heavy atom. The Hall–Kier alpha value is -1.33. The largest absolute Gasteiger partial charge is 1.00 e. The summed E-state index contributed by atoms with van der Waals surface area (Å²) in [6.45, 7) is 2.52. The fraction of sp³-hybridized carbons (Fsp3) is 0.333. The SMILES string of the molecule is C[N+]12CCCc3c([nH]c4ccccc34)C1c1ccccc1CC2.[I-]. The van der Waals surface area contributed by atoms with E-state index in [9.17, 15) is 0 Å². The number of halogens is 1. The van der Waals surface area contributed by atoms with Gasteiger partial charge in [-0.1, -0.05) is 42.5 Å². The van der Waals surface area contributed by atoms with Crippen LogP contribution in [0.2, 0.25) is 0 Å². The number of rotatable bonds is 0. The molecule has 0 aliphatic carbocycles. The van der Waals surface area contributed by atoms with E-state index < -0.39 is 0 Å². The van der Waals surface area contributed by atoms with Crippen LogP contribution in [0.15, 0.2) is 48.5 Å². The van der Waals surface area contributed by atoms with Crippen molar-refractivity contribution >= 4 is 10.9 Å². The summed E-state index contributed by atoms with van der Waals surface area (Å²) in [5, 5.41) is 1.43. The summed E-state index contributed by atoms with van der Waals surface area (Å²) in [5.74, 6) is 0. The van der Waals surface area contributed by atoms with Crippen molar-refractivity contribution in [3.05, 3.63) is 70.9 Å². The number of fused-ring (bicyclic) bond motifs is 7. The summed E-state index contributed by atoms with van der Waals surface area (Å²) in [6, 6.07) is 18.4. The number of quaternary nitrogens is 1. The number of aryl methyl sites for hydroxylation is 1. The van der Waals surface area contributed by atoms with Crippen molar-refractivity contribution in [3.63, 3.8) is 0 Å². The molecule has 0 spiro atoms. The molecule has 24 heavy (non-hydrogen) atoms. The van der Waals surface area contributed by atoms with Crippen LogP contribution >= 0.6 is 0 Å². The maximum absolute atomic E-state index is 3.81. The predicted octanol–water partition coefficient (Wildman–Crippen LogP) is 1.21. The third-order valence-corrected chi connectivity index (χ3v) is 6.08. The molecule has 1 aromatic heterocycles. The van der Waals surface area contributed by atoms with Gasteiger partial charge < -0.3 is 33.4 Å². The molecule has 2 aliphatic rings. The smallest absolute Gasteiger partial charge is 0.156 e. The molecule has 5 rings (SSSR count). The highest BCUT2D eigenvalue weighted by Gasteiger charge is 2.43. The molecule has 2 aliphatic heterocycles. The zero-order valence-electron chi connectivity index (χ0n) is 14.1. The Bertz CT molecular complexity index is 898. The van der Waals surface area contributed by atoms with Gasteiger partial charge in [0.2, 0.25) is 0 Å². The first-order valence-electron chi connectivity index (χ1n) is 8.78. The number of para-hydroxylation sites is 1. The van der Waals surface area contributed by atoms with Gasteiger partial charge in [0.05, 0.1) is 25.8 Å². The summed E-state index contributed by atoms with van der Waals surface area (Å²) in [5.41, 5.74) is 7.41. The van der Waals surface area contributed by atoms with Gasteiger partial charge in [0.15, 0.2) is 6.04 Å². The summed E-state index contributed by atoms with van der Waals surface area (Å²) >= 11 is 0. The number of aromatic nitrogens is 1. The van der Waals surface area contributed by atoms with E-state index in [2.05, 4.69) is 60.6 Å². The monoisotopic (exact) mass is 430 g/mol. The summed E-state index contributed by atoms with van der Waals surface area (Å²) in [7, 11) is 2.46. The van der Waals surface area contributed by atoms with Crippen molar-refractivity contribution in [2.24, 2.45) is 0 Å². The van der Waals surface area contributed by atoms with Crippen LogP contribution in [0.3, 0.4) is 0 Å². The lowest BCUT2D eigenvalue weighted by atomic mass is 9.88. The number of aromatic amines is 1. The Kier molecular flexibility index (Phi) is 3.96. The second-order valence-electron chi connectivity index (χ2n) is 7.44. The minimum absolute atomic E-state index is 0. The van der Waals surface area contributed by atoms with Gasteiger partial charge in [0.25, 0.3) is 0 Å². The minimum atomic E-state index is 0. The molecule has 0 radical (unpaired) electrons. The number of likely N-dealkylation sites (N-methyl/N-ethyl adjacent to an activating group) is 1. The van der Waals surface area contributed by atoms with Crippen LogP contribution in [0.5, 0.6) is 0 Å². The molecule has 0 fully saturated rings. The first-order valence-corrected chi connectivity index (χ1v) is 8.78. The second kappa shape index (κ2) is 5.88. The van der Waals surface area contributed by atoms with Gasteiger partial charge >= 0.3 is 0 Å². The standard InChI is InChI=1S/C21H23N2.HI/c1-23-13-6-10-18-17-9-4-5-11-19(17)22-20(18)21(23)16-8-3-2-7-15(16)12-14-23;/h2-5,7-9,11,21-22H,6,10,12-14H2,1H3;1H/q+1;/p-1. The van der Waals surface area contributed by atoms with E-state index in [1.807, 2.05) is 0 Å². The maximum atomic E-state index is 3.81. The average molecular weight is 430 g/mol. The first-order chi connectivity index (χ1) is 11.3. The molecule has 3 aromatic rings. The van der Waals surface area contributed by atoms with E-state index in [1.165, 1.54) is 54.5 Å². The van der Waals surface area contributed by atoms with Gasteiger partial charge in [-0.2, -0.15) is 0 Å². The molecule has 0 saturated carbocycles. The highest BCUT2D eigenvalue weighted by Crippen LogP contribution is 2.44. The lowest BCUT2D eigenvalue weighted by Gasteiger charge is -2.44. The molecule has 3 heterocycles. The average Bonchev–Trinajstić information content (AvgIpc) is 2.85. The Balaban J connectivity index is 0.00000146. The van der Waals surface area contributed by atoms with Crippen LogP contribution in [0.25, 0.3) is 10.9 Å². The van der Waals surface area contributed by atoms with E-state index in [-0.39, 0.29) is 24.0 Å². The Morgan fingerprint density at radius 3 is 2.67 bits per heavy atom. The van der Waals surface area contributed by atoms with E-state index in [1.54, 1.807) is 11.1 Å². The summed E-state index contributed by atoms with van der Waals surface area (Å²) in [6.07, 6.45) is 3.69. The van der Waals surface area contributed by atoms with Gasteiger partial charge in [-0.15, -0.1) is 0 Å². The number of hydrogen-bond donors (Lipinski definition) is 1. The quantitative estimate of drug-likeness (QED) is 0.408. The summed E-state index contributed by atoms with van der Waals surface area (Å²) < 4.78 is 1.15. The third kappa shape index (κ3) is 2.25. The fourth-order valence-corrected chi connectivity index (χ4v) is 4.92. The Labute approximate surface area is 160 Å². The second-order valence-corrected chi connectivity index (χ2v) is 7.44. The van der Waals surface area contributed by atoms with Gasteiger partial charge in [-0.05, 0) is 23.6 Å². The van der Waals surface area contributed by atoms with Gasteiger partial charge in [0.1, 0.15) is 0 Å². The van der Waals surface area contributed by atoms with E-state index in [0.29, 0.717) is 6.04 Å². The zero-order valence-corrected chi connectivity index (χ0v) is 16.2. The predicted molar refractivity (Wildman–Crippen MR) is 94.5 cm³/mol. The fourth-order valence-electron chi connectivity index (χ4n) is 4.92. The molecule has 2 atom stereocenters. The summed E-state index contributed by atoms with van der Waals surface area (Å²) in [4.78, 5) is 3.81. The molecule has 0 bridgehead atoms. The van der Waals surface area contributed by atoms with Crippen LogP contribution in [0, 0.1) is 0 Å². The molecule has 2 aromatic carbocycles. The van der Waals surface area contributed by atoms with Crippen LogP contribution in [0.1, 0.15) is 34.8 Å². The molecule has 1 N–H and O–H groups in total. The number of nitrogens with one attached hydrogen (secondary N) is 1. The van der Waals surface area contributed by atoms with Crippen molar-refractivity contribution in [1.29, 1.82) is 0 Å². The molecule has 0 saturated heterocycles. The van der Waals surface area contributed by atoms with Crippen LogP contribution < -0.4 is 24.0 Å². The van der Waals surface area contributed by atoms with E-state index >= 15 is 0 Å². The van der Waals surface area contributed by atoms with Crippen molar-refractivity contribution in [1.82, 2.24) is 4.98 Å². The lowest BCUT2D eigenvalue weighted by Crippen LogP contribution is -3.00. The highest BCUT2D eigenvalue weighted by molar-refractivity contribution is 5.85. The third-order valence-electron chi connectivity index (χ3n) is 6.08. The molecule has 2 unspecified atom stereocenters. The molecule has 0 amide bonds. The van der Waals surface area contributed by atoms with Crippen molar-refractivity contribution in [2.45, 2.75) is 25.3 Å². The van der Waals surface area contributed by atoms with Crippen molar-refractivity contribution in [3.8, 4) is 0 Å². The van der Waals surface area contributed by atoms with Crippen LogP contribution in [-0.4, -0.2) is 29.6 Å². The van der Waals surface area contributed by atoms with Crippen molar-refractivity contribution < 1.29 is 28.5 Å². The molecule has 124 valence electrons. The van der Waals surface area contributed by atoms with Crippen LogP contribution in [-0.2, 0) is 12.8 Å². The number of nitrogens with zero attached hydrogens (tertiary/aromatic N) is 1. The van der Waals surface area contributed by atoms with Gasteiger partial charge in [-0.25, -0.2) is 0 Å². The topological polar surface area (TPSA) is 15.8 Å². The number of benzene rings is 2. The van der Waals surface area contributed by atoms with E-state index in [4.69, 9.17) is 0 Å². The maximum Gasteiger partial charge on any atom is 0.156 e. The van der Waals surface area contributed by atoms with Gasteiger partial charge in [-0.3, -0.25) is 0 Å². The Morgan fingerprint density at radius 1 is 0.958 bits per heavy atom. The molecular formula is C21H23IN2. The first kappa shape index (κ1) is 16.2. The normalized spacial score (nSPS) is 25.1. The molecular weight excluding hydrogens is 407 g/mol.